The maximum Gasteiger partial charge on any atom is 0.222 e. The second kappa shape index (κ2) is 8.93. The molecule has 1 heterocycles. The molecule has 1 amide bonds. The molecule has 0 fully saturated rings. The van der Waals surface area contributed by atoms with Gasteiger partial charge in [0.25, 0.3) is 0 Å². The zero-order valence-electron chi connectivity index (χ0n) is 12.9. The summed E-state index contributed by atoms with van der Waals surface area (Å²) >= 11 is 1.65. The topological polar surface area (TPSA) is 55.1 Å². The molecule has 0 saturated heterocycles. The van der Waals surface area contributed by atoms with E-state index in [4.69, 9.17) is 5.73 Å². The van der Waals surface area contributed by atoms with Crippen LogP contribution in [0.1, 0.15) is 48.2 Å². The van der Waals surface area contributed by atoms with Crippen molar-refractivity contribution in [3.05, 3.63) is 57.8 Å². The molecule has 3 N–H and O–H groups in total. The first-order chi connectivity index (χ1) is 10.1. The molecular weight excluding hydrogens is 316 g/mol. The minimum absolute atomic E-state index is 0. The van der Waals surface area contributed by atoms with Gasteiger partial charge < -0.3 is 11.1 Å². The normalized spacial score (nSPS) is 11.8. The molecule has 0 aliphatic rings. The molecule has 2 rings (SSSR count). The number of amides is 1. The Balaban J connectivity index is 0.00000242. The summed E-state index contributed by atoms with van der Waals surface area (Å²) in [4.78, 5) is 13.0. The van der Waals surface area contributed by atoms with Crippen LogP contribution in [-0.2, 0) is 4.79 Å². The van der Waals surface area contributed by atoms with Gasteiger partial charge >= 0.3 is 0 Å². The van der Waals surface area contributed by atoms with Gasteiger partial charge in [-0.15, -0.1) is 23.7 Å². The fraction of sp³-hybridized carbons (Fsp3) is 0.353. The van der Waals surface area contributed by atoms with Gasteiger partial charge in [0, 0.05) is 17.8 Å². The van der Waals surface area contributed by atoms with Crippen molar-refractivity contribution < 1.29 is 4.79 Å². The van der Waals surface area contributed by atoms with E-state index in [0.29, 0.717) is 18.9 Å². The number of thiophene rings is 1. The number of hydrogen-bond acceptors (Lipinski definition) is 3. The van der Waals surface area contributed by atoms with Gasteiger partial charge in [-0.05, 0) is 28.5 Å². The van der Waals surface area contributed by atoms with Crippen molar-refractivity contribution in [1.29, 1.82) is 0 Å². The second-order valence-corrected chi connectivity index (χ2v) is 6.36. The molecule has 120 valence electrons. The van der Waals surface area contributed by atoms with Gasteiger partial charge in [-0.1, -0.05) is 44.2 Å². The van der Waals surface area contributed by atoms with Crippen molar-refractivity contribution in [3.8, 4) is 0 Å². The molecule has 2 aromatic rings. The van der Waals surface area contributed by atoms with Crippen molar-refractivity contribution >= 4 is 29.7 Å². The highest BCUT2D eigenvalue weighted by atomic mass is 35.5. The Morgan fingerprint density at radius 3 is 2.32 bits per heavy atom. The van der Waals surface area contributed by atoms with E-state index >= 15 is 0 Å². The third-order valence-corrected chi connectivity index (χ3v) is 4.38. The van der Waals surface area contributed by atoms with E-state index in [1.807, 2.05) is 11.4 Å². The van der Waals surface area contributed by atoms with Crippen LogP contribution in [0.15, 0.2) is 41.8 Å². The van der Waals surface area contributed by atoms with Crippen molar-refractivity contribution in [2.45, 2.75) is 32.2 Å². The summed E-state index contributed by atoms with van der Waals surface area (Å²) in [6.45, 7) is 4.72. The van der Waals surface area contributed by atoms with Crippen molar-refractivity contribution in [2.24, 2.45) is 5.73 Å². The molecule has 0 saturated carbocycles. The van der Waals surface area contributed by atoms with Gasteiger partial charge in [-0.2, -0.15) is 0 Å². The largest absolute Gasteiger partial charge is 0.344 e. The van der Waals surface area contributed by atoms with E-state index in [9.17, 15) is 4.79 Å². The van der Waals surface area contributed by atoms with Gasteiger partial charge in [0.15, 0.2) is 0 Å². The summed E-state index contributed by atoms with van der Waals surface area (Å²) in [7, 11) is 0. The summed E-state index contributed by atoms with van der Waals surface area (Å²) < 4.78 is 0. The van der Waals surface area contributed by atoms with Crippen LogP contribution in [0.5, 0.6) is 0 Å². The summed E-state index contributed by atoms with van der Waals surface area (Å²) in [5.74, 6) is 0.495. The highest BCUT2D eigenvalue weighted by molar-refractivity contribution is 7.10. The molecule has 0 aliphatic heterocycles. The zero-order valence-corrected chi connectivity index (χ0v) is 14.5. The standard InChI is InChI=1S/C17H22N2OS.ClH/c1-12(2)13-5-7-14(8-6-13)17(15-4-3-11-21-15)19-16(20)9-10-18;/h3-8,11-12,17H,9-10,18H2,1-2H3,(H,19,20);1H. The number of hydrogen-bond donors (Lipinski definition) is 2. The molecule has 0 radical (unpaired) electrons. The van der Waals surface area contributed by atoms with E-state index < -0.39 is 0 Å². The first-order valence-corrected chi connectivity index (χ1v) is 8.12. The Kier molecular flexibility index (Phi) is 7.59. The van der Waals surface area contributed by atoms with Crippen LogP contribution in [0.4, 0.5) is 0 Å². The van der Waals surface area contributed by atoms with Crippen LogP contribution < -0.4 is 11.1 Å². The number of halogens is 1. The van der Waals surface area contributed by atoms with Crippen molar-refractivity contribution in [2.75, 3.05) is 6.54 Å². The van der Waals surface area contributed by atoms with Crippen LogP contribution in [0.3, 0.4) is 0 Å². The highest BCUT2D eigenvalue weighted by Crippen LogP contribution is 2.27. The predicted molar refractivity (Wildman–Crippen MR) is 95.8 cm³/mol. The Labute approximate surface area is 142 Å². The summed E-state index contributed by atoms with van der Waals surface area (Å²) in [5.41, 5.74) is 7.86. The maximum absolute atomic E-state index is 11.9. The predicted octanol–water partition coefficient (Wildman–Crippen LogP) is 3.85. The van der Waals surface area contributed by atoms with Crippen LogP contribution in [0, 0.1) is 0 Å². The Bertz CT molecular complexity index is 567. The quantitative estimate of drug-likeness (QED) is 0.840. The van der Waals surface area contributed by atoms with E-state index in [0.717, 1.165) is 10.4 Å². The van der Waals surface area contributed by atoms with Gasteiger partial charge in [0.2, 0.25) is 5.91 Å². The Morgan fingerprint density at radius 2 is 1.82 bits per heavy atom. The molecule has 0 aliphatic carbocycles. The third-order valence-electron chi connectivity index (χ3n) is 3.44. The van der Waals surface area contributed by atoms with E-state index in [2.05, 4.69) is 49.5 Å². The lowest BCUT2D eigenvalue weighted by atomic mass is 9.98. The SMILES string of the molecule is CC(C)c1ccc(C(NC(=O)CCN)c2cccs2)cc1.Cl. The first-order valence-electron chi connectivity index (χ1n) is 7.24. The molecule has 3 nitrogen and oxygen atoms in total. The molecule has 1 aromatic carbocycles. The lowest BCUT2D eigenvalue weighted by Crippen LogP contribution is -2.30. The average molecular weight is 339 g/mol. The van der Waals surface area contributed by atoms with E-state index in [-0.39, 0.29) is 24.4 Å². The smallest absolute Gasteiger partial charge is 0.222 e. The van der Waals surface area contributed by atoms with Crippen molar-refractivity contribution in [1.82, 2.24) is 5.32 Å². The van der Waals surface area contributed by atoms with Gasteiger partial charge in [-0.3, -0.25) is 4.79 Å². The number of carbonyl (C=O) groups is 1. The Hall–Kier alpha value is -1.36. The maximum atomic E-state index is 11.9. The van der Waals surface area contributed by atoms with Crippen molar-refractivity contribution in [3.63, 3.8) is 0 Å². The lowest BCUT2D eigenvalue weighted by Gasteiger charge is -2.19. The summed E-state index contributed by atoms with van der Waals surface area (Å²) in [5, 5.41) is 5.10. The van der Waals surface area contributed by atoms with Crippen LogP contribution in [0.25, 0.3) is 0 Å². The number of nitrogens with one attached hydrogen (secondary N) is 1. The van der Waals surface area contributed by atoms with Crippen LogP contribution in [0.2, 0.25) is 0 Å². The number of carbonyl (C=O) groups excluding carboxylic acids is 1. The third kappa shape index (κ3) is 4.83. The molecule has 0 bridgehead atoms. The fourth-order valence-electron chi connectivity index (χ4n) is 2.21. The fourth-order valence-corrected chi connectivity index (χ4v) is 3.01. The number of rotatable bonds is 6. The average Bonchev–Trinajstić information content (AvgIpc) is 2.99. The molecule has 1 unspecified atom stereocenters. The van der Waals surface area contributed by atoms with Crippen LogP contribution in [-0.4, -0.2) is 12.5 Å². The zero-order chi connectivity index (χ0) is 15.2. The minimum Gasteiger partial charge on any atom is -0.344 e. The molecule has 0 spiro atoms. The van der Waals surface area contributed by atoms with Gasteiger partial charge in [-0.25, -0.2) is 0 Å². The first kappa shape index (κ1) is 18.7. The monoisotopic (exact) mass is 338 g/mol. The highest BCUT2D eigenvalue weighted by Gasteiger charge is 2.17. The van der Waals surface area contributed by atoms with Crippen LogP contribution >= 0.6 is 23.7 Å². The molecule has 1 atom stereocenters. The minimum atomic E-state index is -0.0923. The lowest BCUT2D eigenvalue weighted by molar-refractivity contribution is -0.121. The molecule has 5 heteroatoms. The van der Waals surface area contributed by atoms with Gasteiger partial charge in [0.1, 0.15) is 0 Å². The van der Waals surface area contributed by atoms with E-state index in [1.165, 1.54) is 5.56 Å². The number of nitrogens with two attached hydrogens (primary N) is 1. The summed E-state index contributed by atoms with van der Waals surface area (Å²) in [6.07, 6.45) is 0.353. The van der Waals surface area contributed by atoms with E-state index in [1.54, 1.807) is 11.3 Å². The molecule has 1 aromatic heterocycles. The molecule has 22 heavy (non-hydrogen) atoms. The van der Waals surface area contributed by atoms with Gasteiger partial charge in [0.05, 0.1) is 6.04 Å². The summed E-state index contributed by atoms with van der Waals surface area (Å²) in [6, 6.07) is 12.4. The number of benzene rings is 1. The Morgan fingerprint density at radius 1 is 1.18 bits per heavy atom. The molecular formula is C17H23ClN2OS. The second-order valence-electron chi connectivity index (χ2n) is 5.38.